The van der Waals surface area contributed by atoms with Gasteiger partial charge in [0.2, 0.25) is 5.91 Å². The molecule has 0 saturated heterocycles. The molecule has 1 unspecified atom stereocenters. The number of hydrogen-bond acceptors (Lipinski definition) is 3. The van der Waals surface area contributed by atoms with E-state index >= 15 is 0 Å². The molecule has 0 aromatic heterocycles. The Morgan fingerprint density at radius 1 is 1.33 bits per heavy atom. The normalized spacial score (nSPS) is 12.3. The molecule has 0 aliphatic heterocycles. The lowest BCUT2D eigenvalue weighted by Crippen LogP contribution is -2.31. The largest absolute Gasteiger partial charge is 0.462 e. The summed E-state index contributed by atoms with van der Waals surface area (Å²) in [4.78, 5) is 22.1. The summed E-state index contributed by atoms with van der Waals surface area (Å²) in [5.41, 5.74) is 0. The van der Waals surface area contributed by atoms with Gasteiger partial charge in [-0.1, -0.05) is 20.8 Å². The van der Waals surface area contributed by atoms with E-state index in [1.54, 1.807) is 0 Å². The number of nitrogens with one attached hydrogen (secondary N) is 1. The van der Waals surface area contributed by atoms with Crippen LogP contribution in [0.3, 0.4) is 0 Å². The maximum Gasteiger partial charge on any atom is 0.302 e. The Labute approximate surface area is 91.4 Å². The molecule has 0 aromatic carbocycles. The van der Waals surface area contributed by atoms with Gasteiger partial charge in [-0.2, -0.15) is 0 Å². The molecule has 0 fully saturated rings. The average molecular weight is 215 g/mol. The quantitative estimate of drug-likeness (QED) is 0.683. The minimum Gasteiger partial charge on any atom is -0.462 e. The van der Waals surface area contributed by atoms with E-state index < -0.39 is 0 Å². The predicted octanol–water partition coefficient (Wildman–Crippen LogP) is 1.49. The van der Waals surface area contributed by atoms with Crippen molar-refractivity contribution in [3.63, 3.8) is 0 Å². The van der Waals surface area contributed by atoms with Crippen LogP contribution in [0.1, 0.15) is 40.5 Å². The molecular weight excluding hydrogens is 194 g/mol. The highest BCUT2D eigenvalue weighted by molar-refractivity contribution is 5.77. The van der Waals surface area contributed by atoms with Crippen LogP contribution in [0, 0.1) is 5.92 Å². The molecule has 1 atom stereocenters. The number of ether oxygens (including phenoxy) is 1. The highest BCUT2D eigenvalue weighted by atomic mass is 16.5. The van der Waals surface area contributed by atoms with Gasteiger partial charge in [-0.05, 0) is 12.3 Å². The lowest BCUT2D eigenvalue weighted by atomic mass is 10.2. The molecule has 0 saturated carbocycles. The molecule has 4 nitrogen and oxygen atoms in total. The highest BCUT2D eigenvalue weighted by Gasteiger charge is 2.14. The number of hydrogen-bond donors (Lipinski definition) is 1. The van der Waals surface area contributed by atoms with Gasteiger partial charge >= 0.3 is 5.97 Å². The zero-order chi connectivity index (χ0) is 11.8. The Kier molecular flexibility index (Phi) is 6.75. The summed E-state index contributed by atoms with van der Waals surface area (Å²) < 4.78 is 4.98. The Bertz CT molecular complexity index is 214. The van der Waals surface area contributed by atoms with Crippen LogP contribution in [0.2, 0.25) is 0 Å². The van der Waals surface area contributed by atoms with E-state index in [9.17, 15) is 9.59 Å². The summed E-state index contributed by atoms with van der Waals surface area (Å²) in [6, 6.07) is 0. The van der Waals surface area contributed by atoms with Gasteiger partial charge in [-0.25, -0.2) is 0 Å². The number of rotatable bonds is 6. The van der Waals surface area contributed by atoms with Crippen molar-refractivity contribution in [2.75, 3.05) is 6.54 Å². The molecule has 1 N–H and O–H groups in total. The zero-order valence-electron chi connectivity index (χ0n) is 10.0. The molecule has 15 heavy (non-hydrogen) atoms. The van der Waals surface area contributed by atoms with Crippen molar-refractivity contribution in [2.24, 2.45) is 5.92 Å². The summed E-state index contributed by atoms with van der Waals surface area (Å²) in [6.07, 6.45) is 0.618. The number of carbonyl (C=O) groups is 2. The fourth-order valence-electron chi connectivity index (χ4n) is 1.10. The van der Waals surface area contributed by atoms with Crippen molar-refractivity contribution >= 4 is 11.9 Å². The van der Waals surface area contributed by atoms with Crippen molar-refractivity contribution in [3.8, 4) is 0 Å². The third-order valence-electron chi connectivity index (χ3n) is 1.91. The molecular formula is C11H21NO3. The van der Waals surface area contributed by atoms with Crippen LogP contribution in [-0.2, 0) is 14.3 Å². The van der Waals surface area contributed by atoms with E-state index in [1.165, 1.54) is 6.92 Å². The van der Waals surface area contributed by atoms with Gasteiger partial charge in [-0.15, -0.1) is 0 Å². The number of amides is 1. The SMILES string of the molecule is CCC(CC(=O)NCC(C)C)OC(C)=O. The average Bonchev–Trinajstić information content (AvgIpc) is 2.13. The van der Waals surface area contributed by atoms with Gasteiger partial charge in [0, 0.05) is 13.5 Å². The molecule has 0 bridgehead atoms. The molecule has 4 heteroatoms. The van der Waals surface area contributed by atoms with Crippen molar-refractivity contribution in [1.82, 2.24) is 5.32 Å². The van der Waals surface area contributed by atoms with Crippen LogP contribution in [0.25, 0.3) is 0 Å². The first kappa shape index (κ1) is 13.9. The molecule has 0 aromatic rings. The maximum absolute atomic E-state index is 11.4. The van der Waals surface area contributed by atoms with E-state index in [2.05, 4.69) is 5.32 Å². The summed E-state index contributed by atoms with van der Waals surface area (Å²) in [7, 11) is 0. The van der Waals surface area contributed by atoms with Gasteiger partial charge in [-0.3, -0.25) is 9.59 Å². The topological polar surface area (TPSA) is 55.4 Å². The second kappa shape index (κ2) is 7.26. The Hall–Kier alpha value is -1.06. The second-order valence-corrected chi connectivity index (χ2v) is 4.04. The maximum atomic E-state index is 11.4. The van der Waals surface area contributed by atoms with Crippen LogP contribution in [0.15, 0.2) is 0 Å². The Balaban J connectivity index is 3.85. The second-order valence-electron chi connectivity index (χ2n) is 4.04. The van der Waals surface area contributed by atoms with E-state index in [0.29, 0.717) is 18.9 Å². The summed E-state index contributed by atoms with van der Waals surface area (Å²) in [5, 5.41) is 2.79. The van der Waals surface area contributed by atoms with Crippen LogP contribution < -0.4 is 5.32 Å². The van der Waals surface area contributed by atoms with Crippen LogP contribution in [-0.4, -0.2) is 24.5 Å². The molecule has 0 radical (unpaired) electrons. The van der Waals surface area contributed by atoms with Gasteiger partial charge in [0.1, 0.15) is 6.10 Å². The molecule has 0 rings (SSSR count). The van der Waals surface area contributed by atoms with Crippen molar-refractivity contribution in [3.05, 3.63) is 0 Å². The van der Waals surface area contributed by atoms with Crippen LogP contribution in [0.4, 0.5) is 0 Å². The first-order valence-corrected chi connectivity index (χ1v) is 5.39. The third-order valence-corrected chi connectivity index (χ3v) is 1.91. The van der Waals surface area contributed by atoms with E-state index in [-0.39, 0.29) is 24.4 Å². The molecule has 0 aliphatic carbocycles. The van der Waals surface area contributed by atoms with Crippen molar-refractivity contribution in [2.45, 2.75) is 46.6 Å². The third kappa shape index (κ3) is 7.97. The Morgan fingerprint density at radius 3 is 2.33 bits per heavy atom. The van der Waals surface area contributed by atoms with Crippen LogP contribution in [0.5, 0.6) is 0 Å². The monoisotopic (exact) mass is 215 g/mol. The first-order chi connectivity index (χ1) is 6.95. The standard InChI is InChI=1S/C11H21NO3/c1-5-10(15-9(4)13)6-11(14)12-7-8(2)3/h8,10H,5-7H2,1-4H3,(H,12,14). The van der Waals surface area contributed by atoms with Gasteiger partial charge in [0.25, 0.3) is 0 Å². The summed E-state index contributed by atoms with van der Waals surface area (Å²) >= 11 is 0. The van der Waals surface area contributed by atoms with Gasteiger partial charge in [0.05, 0.1) is 6.42 Å². The van der Waals surface area contributed by atoms with E-state index in [4.69, 9.17) is 4.74 Å². The van der Waals surface area contributed by atoms with Gasteiger partial charge in [0.15, 0.2) is 0 Å². The number of carbonyl (C=O) groups excluding carboxylic acids is 2. The lowest BCUT2D eigenvalue weighted by Gasteiger charge is -2.15. The van der Waals surface area contributed by atoms with Crippen molar-refractivity contribution < 1.29 is 14.3 Å². The van der Waals surface area contributed by atoms with Crippen molar-refractivity contribution in [1.29, 1.82) is 0 Å². The van der Waals surface area contributed by atoms with Gasteiger partial charge < -0.3 is 10.1 Å². The number of esters is 1. The molecule has 88 valence electrons. The highest BCUT2D eigenvalue weighted by Crippen LogP contribution is 2.04. The lowest BCUT2D eigenvalue weighted by molar-refractivity contribution is -0.147. The zero-order valence-corrected chi connectivity index (χ0v) is 10.0. The Morgan fingerprint density at radius 2 is 1.93 bits per heavy atom. The fraction of sp³-hybridized carbons (Fsp3) is 0.818. The fourth-order valence-corrected chi connectivity index (χ4v) is 1.10. The molecule has 0 spiro atoms. The van der Waals surface area contributed by atoms with Crippen LogP contribution >= 0.6 is 0 Å². The summed E-state index contributed by atoms with van der Waals surface area (Å²) in [6.45, 7) is 7.97. The molecule has 0 aliphatic rings. The molecule has 1 amide bonds. The molecule has 0 heterocycles. The van der Waals surface area contributed by atoms with E-state index in [1.807, 2.05) is 20.8 Å². The minimum absolute atomic E-state index is 0.0585. The first-order valence-electron chi connectivity index (χ1n) is 5.39. The van der Waals surface area contributed by atoms with E-state index in [0.717, 1.165) is 0 Å². The minimum atomic E-state index is -0.335. The predicted molar refractivity (Wildman–Crippen MR) is 58.3 cm³/mol. The summed E-state index contributed by atoms with van der Waals surface area (Å²) in [5.74, 6) is 0.0399. The smallest absolute Gasteiger partial charge is 0.302 e.